The molecule has 1 aromatic heterocycles. The Balaban J connectivity index is 1.75. The van der Waals surface area contributed by atoms with Crippen molar-refractivity contribution in [3.8, 4) is 0 Å². The van der Waals surface area contributed by atoms with Gasteiger partial charge in [-0.2, -0.15) is 0 Å². The highest BCUT2D eigenvalue weighted by Crippen LogP contribution is 2.38. The van der Waals surface area contributed by atoms with Crippen molar-refractivity contribution in [1.29, 1.82) is 0 Å². The Kier molecular flexibility index (Phi) is 12.0. The van der Waals surface area contributed by atoms with Crippen molar-refractivity contribution in [2.45, 2.75) is 66.8 Å². The predicted octanol–water partition coefficient (Wildman–Crippen LogP) is 3.49. The number of Topliss-reactive ketones (excluding diaryl/α,β-unsaturated/α-hetero) is 1. The number of fused-ring (bicyclic) bond motifs is 1. The largest absolute Gasteiger partial charge is 0.442 e. The minimum absolute atomic E-state index is 0.0250. The van der Waals surface area contributed by atoms with Crippen LogP contribution in [0.2, 0.25) is 0 Å². The maximum Gasteiger partial charge on any atom is 0.330 e. The average Bonchev–Trinajstić information content (AvgIpc) is 3.39. The number of hydrogen-bond acceptors (Lipinski definition) is 7. The van der Waals surface area contributed by atoms with Gasteiger partial charge in [-0.3, -0.25) is 19.3 Å². The van der Waals surface area contributed by atoms with E-state index in [4.69, 9.17) is 4.74 Å². The highest BCUT2D eigenvalue weighted by Gasteiger charge is 2.34. The summed E-state index contributed by atoms with van der Waals surface area (Å²) in [6.07, 6.45) is 2.30. The van der Waals surface area contributed by atoms with E-state index in [-0.39, 0.29) is 30.1 Å². The minimum Gasteiger partial charge on any atom is -0.442 e. The fraction of sp³-hybridized carbons (Fsp3) is 0.469. The number of likely N-dealkylation sites (N-methyl/N-ethyl adjacent to an activating group) is 1. The summed E-state index contributed by atoms with van der Waals surface area (Å²) < 4.78 is 19.7. The average molecular weight is 612 g/mol. The minimum atomic E-state index is -0.985. The molecule has 0 aliphatic carbocycles. The summed E-state index contributed by atoms with van der Waals surface area (Å²) in [6.45, 7) is 13.1. The van der Waals surface area contributed by atoms with Gasteiger partial charge in [0.25, 0.3) is 11.8 Å². The summed E-state index contributed by atoms with van der Waals surface area (Å²) in [6, 6.07) is 2.88. The van der Waals surface area contributed by atoms with E-state index in [1.54, 1.807) is 19.9 Å². The van der Waals surface area contributed by atoms with E-state index in [2.05, 4.69) is 34.4 Å². The van der Waals surface area contributed by atoms with Crippen LogP contribution in [0.1, 0.15) is 79.8 Å². The number of anilines is 1. The van der Waals surface area contributed by atoms with Crippen LogP contribution in [-0.4, -0.2) is 78.3 Å². The molecule has 3 rings (SSSR count). The fourth-order valence-corrected chi connectivity index (χ4v) is 5.08. The molecular weight excluding hydrogens is 569 g/mol. The van der Waals surface area contributed by atoms with E-state index in [0.717, 1.165) is 19.6 Å². The molecule has 0 fully saturated rings. The number of esters is 1. The van der Waals surface area contributed by atoms with Gasteiger partial charge in [0.15, 0.2) is 6.73 Å². The first-order chi connectivity index (χ1) is 20.9. The van der Waals surface area contributed by atoms with E-state index in [1.165, 1.54) is 36.9 Å². The Labute approximate surface area is 257 Å². The van der Waals surface area contributed by atoms with Crippen LogP contribution in [0, 0.1) is 19.7 Å². The highest BCUT2D eigenvalue weighted by molar-refractivity contribution is 6.35. The first kappa shape index (κ1) is 34.2. The number of aromatic nitrogens is 1. The number of H-pyrrole nitrogens is 1. The second-order valence-electron chi connectivity index (χ2n) is 10.8. The van der Waals surface area contributed by atoms with E-state index in [9.17, 15) is 28.4 Å². The molecule has 0 spiro atoms. The maximum atomic E-state index is 14.3. The van der Waals surface area contributed by atoms with Gasteiger partial charge in [-0.25, -0.2) is 9.18 Å². The number of hydrogen-bond donors (Lipinski definition) is 3. The Morgan fingerprint density at radius 2 is 1.84 bits per heavy atom. The van der Waals surface area contributed by atoms with Crippen molar-refractivity contribution >= 4 is 46.8 Å². The lowest BCUT2D eigenvalue weighted by molar-refractivity contribution is -0.147. The second kappa shape index (κ2) is 15.4. The van der Waals surface area contributed by atoms with Crippen molar-refractivity contribution < 1.29 is 33.1 Å². The molecule has 0 saturated heterocycles. The second-order valence-corrected chi connectivity index (χ2v) is 10.8. The number of halogens is 1. The number of aromatic amines is 1. The number of amides is 3. The van der Waals surface area contributed by atoms with Crippen LogP contribution < -0.4 is 15.5 Å². The molecule has 44 heavy (non-hydrogen) atoms. The first-order valence-corrected chi connectivity index (χ1v) is 14.9. The summed E-state index contributed by atoms with van der Waals surface area (Å²) >= 11 is 0. The molecule has 0 bridgehead atoms. The molecule has 1 aliphatic rings. The Morgan fingerprint density at radius 1 is 1.14 bits per heavy atom. The summed E-state index contributed by atoms with van der Waals surface area (Å²) in [4.78, 5) is 68.9. The molecule has 3 N–H and O–H groups in total. The lowest BCUT2D eigenvalue weighted by Gasteiger charge is -2.19. The lowest BCUT2D eigenvalue weighted by atomic mass is 10.0. The number of benzene rings is 1. The third-order valence-electron chi connectivity index (χ3n) is 7.61. The number of aryl methyl sites for hydroxylation is 1. The number of carbonyl (C=O) groups is 5. The summed E-state index contributed by atoms with van der Waals surface area (Å²) in [7, 11) is 0. The van der Waals surface area contributed by atoms with Crippen LogP contribution in [0.15, 0.2) is 18.2 Å². The molecule has 1 unspecified atom stereocenters. The first-order valence-electron chi connectivity index (χ1n) is 14.9. The molecule has 1 atom stereocenters. The van der Waals surface area contributed by atoms with Crippen LogP contribution >= 0.6 is 0 Å². The van der Waals surface area contributed by atoms with Gasteiger partial charge in [0.1, 0.15) is 17.6 Å². The van der Waals surface area contributed by atoms with Gasteiger partial charge in [0.2, 0.25) is 5.91 Å². The standard InChI is InChI=1S/C32H42FN5O6/c1-7-37(8-2)15-14-34-30(41)29-20(4)26(35-21(29)5)17-25-24-16-23(33)12-13-27(24)38(31(25)42)18-44-32(43)22(6)36-28(40)11-9-10-19(3)39/h12-13,16-17,22,35H,7-11,14-15,18H2,1-6H3,(H,34,41)(H,36,40)/b25-17-. The summed E-state index contributed by atoms with van der Waals surface area (Å²) in [5.74, 6) is -2.47. The monoisotopic (exact) mass is 611 g/mol. The number of nitrogens with one attached hydrogen (secondary N) is 3. The zero-order chi connectivity index (χ0) is 32.6. The van der Waals surface area contributed by atoms with Gasteiger partial charge in [-0.1, -0.05) is 13.8 Å². The number of carbonyl (C=O) groups excluding carboxylic acids is 5. The maximum absolute atomic E-state index is 14.3. The molecule has 11 nitrogen and oxygen atoms in total. The molecule has 1 aromatic carbocycles. The van der Waals surface area contributed by atoms with Gasteiger partial charge >= 0.3 is 5.97 Å². The van der Waals surface area contributed by atoms with E-state index >= 15 is 0 Å². The van der Waals surface area contributed by atoms with Crippen molar-refractivity contribution in [2.75, 3.05) is 37.8 Å². The van der Waals surface area contributed by atoms with Gasteiger partial charge in [-0.05, 0) is 77.0 Å². The third-order valence-corrected chi connectivity index (χ3v) is 7.61. The van der Waals surface area contributed by atoms with E-state index in [1.807, 2.05) is 0 Å². The molecule has 2 aromatic rings. The quantitative estimate of drug-likeness (QED) is 0.207. The van der Waals surface area contributed by atoms with Gasteiger partial charge in [0, 0.05) is 42.9 Å². The highest BCUT2D eigenvalue weighted by atomic mass is 19.1. The van der Waals surface area contributed by atoms with Gasteiger partial charge in [-0.15, -0.1) is 0 Å². The topological polar surface area (TPSA) is 141 Å². The van der Waals surface area contributed by atoms with Gasteiger partial charge in [0.05, 0.1) is 16.8 Å². The lowest BCUT2D eigenvalue weighted by Crippen LogP contribution is -2.41. The SMILES string of the molecule is CCN(CC)CCNC(=O)c1c(C)[nH]c(/C=C2\C(=O)N(COC(=O)C(C)NC(=O)CCCC(C)=O)c3ccc(F)cc32)c1C. The molecule has 2 heterocycles. The Bertz CT molecular complexity index is 1440. The van der Waals surface area contributed by atoms with Crippen molar-refractivity contribution in [3.63, 3.8) is 0 Å². The number of ketones is 1. The van der Waals surface area contributed by atoms with Crippen LogP contribution in [0.25, 0.3) is 11.6 Å². The number of ether oxygens (including phenoxy) is 1. The van der Waals surface area contributed by atoms with Crippen LogP contribution in [0.5, 0.6) is 0 Å². The molecular formula is C32H42FN5O6. The molecule has 238 valence electrons. The molecule has 3 amide bonds. The summed E-state index contributed by atoms with van der Waals surface area (Å²) in [5.41, 5.74) is 3.10. The van der Waals surface area contributed by atoms with Crippen LogP contribution in [0.3, 0.4) is 0 Å². The Hall–Kier alpha value is -4.32. The fourth-order valence-electron chi connectivity index (χ4n) is 5.08. The van der Waals surface area contributed by atoms with Crippen LogP contribution in [-0.2, 0) is 23.9 Å². The molecule has 0 radical (unpaired) electrons. The summed E-state index contributed by atoms with van der Waals surface area (Å²) in [5, 5.41) is 5.48. The third kappa shape index (κ3) is 8.40. The van der Waals surface area contributed by atoms with Crippen LogP contribution in [0.4, 0.5) is 10.1 Å². The smallest absolute Gasteiger partial charge is 0.330 e. The van der Waals surface area contributed by atoms with Gasteiger partial charge < -0.3 is 30.0 Å². The van der Waals surface area contributed by atoms with E-state index < -0.39 is 36.4 Å². The zero-order valence-corrected chi connectivity index (χ0v) is 26.3. The predicted molar refractivity (Wildman–Crippen MR) is 165 cm³/mol. The molecule has 0 saturated carbocycles. The normalized spacial score (nSPS) is 14.1. The van der Waals surface area contributed by atoms with Crippen molar-refractivity contribution in [1.82, 2.24) is 20.5 Å². The number of rotatable bonds is 15. The van der Waals surface area contributed by atoms with Crippen molar-refractivity contribution in [3.05, 3.63) is 52.1 Å². The Morgan fingerprint density at radius 3 is 2.50 bits per heavy atom. The van der Waals surface area contributed by atoms with E-state index in [0.29, 0.717) is 46.7 Å². The van der Waals surface area contributed by atoms with Crippen molar-refractivity contribution in [2.24, 2.45) is 0 Å². The number of nitrogens with zero attached hydrogens (tertiary/aromatic N) is 2. The molecule has 1 aliphatic heterocycles. The molecule has 12 heteroatoms. The zero-order valence-electron chi connectivity index (χ0n) is 26.3.